The van der Waals surface area contributed by atoms with Crippen LogP contribution in [0, 0.1) is 0 Å². The lowest BCUT2D eigenvalue weighted by molar-refractivity contribution is 0.155. The zero-order valence-corrected chi connectivity index (χ0v) is 12.5. The standard InChI is InChI=1S/C12H15Cl2NO3S/c13-10-5-3-6-11(12(10)14)19(17,18)15-7-2-1-4-9(15)8-16/h3,5-6,9,16H,1-2,4,7-8H2. The smallest absolute Gasteiger partial charge is 0.244 e. The van der Waals surface area contributed by atoms with Gasteiger partial charge in [-0.05, 0) is 25.0 Å². The van der Waals surface area contributed by atoms with E-state index in [-0.39, 0.29) is 27.6 Å². The molecule has 1 atom stereocenters. The van der Waals surface area contributed by atoms with Gasteiger partial charge in [-0.2, -0.15) is 4.31 Å². The number of benzene rings is 1. The first-order valence-corrected chi connectivity index (χ1v) is 8.25. The molecule has 4 nitrogen and oxygen atoms in total. The van der Waals surface area contributed by atoms with Gasteiger partial charge in [0.05, 0.1) is 16.7 Å². The first kappa shape index (κ1) is 15.1. The second-order valence-electron chi connectivity index (χ2n) is 4.50. The highest BCUT2D eigenvalue weighted by molar-refractivity contribution is 7.89. The van der Waals surface area contributed by atoms with Crippen LogP contribution in [0.3, 0.4) is 0 Å². The normalized spacial score (nSPS) is 21.5. The molecule has 1 aromatic rings. The van der Waals surface area contributed by atoms with E-state index in [0.717, 1.165) is 12.8 Å². The molecule has 0 aromatic heterocycles. The van der Waals surface area contributed by atoms with Crippen molar-refractivity contribution in [2.75, 3.05) is 13.2 Å². The monoisotopic (exact) mass is 323 g/mol. The van der Waals surface area contributed by atoms with E-state index in [1.54, 1.807) is 12.1 Å². The summed E-state index contributed by atoms with van der Waals surface area (Å²) < 4.78 is 26.5. The summed E-state index contributed by atoms with van der Waals surface area (Å²) in [6, 6.07) is 4.16. The Morgan fingerprint density at radius 1 is 1.32 bits per heavy atom. The van der Waals surface area contributed by atoms with E-state index >= 15 is 0 Å². The van der Waals surface area contributed by atoms with Gasteiger partial charge in [0.2, 0.25) is 10.0 Å². The predicted molar refractivity (Wildman–Crippen MR) is 75.1 cm³/mol. The summed E-state index contributed by atoms with van der Waals surface area (Å²) >= 11 is 11.9. The van der Waals surface area contributed by atoms with Gasteiger partial charge in [-0.25, -0.2) is 8.42 Å². The summed E-state index contributed by atoms with van der Waals surface area (Å²) in [4.78, 5) is 0.00187. The molecule has 19 heavy (non-hydrogen) atoms. The average Bonchev–Trinajstić information content (AvgIpc) is 2.41. The van der Waals surface area contributed by atoms with Gasteiger partial charge in [0.25, 0.3) is 0 Å². The van der Waals surface area contributed by atoms with Gasteiger partial charge in [0.1, 0.15) is 4.90 Å². The fraction of sp³-hybridized carbons (Fsp3) is 0.500. The molecule has 0 saturated carbocycles. The van der Waals surface area contributed by atoms with Crippen molar-refractivity contribution in [1.82, 2.24) is 4.31 Å². The van der Waals surface area contributed by atoms with Crippen molar-refractivity contribution in [2.45, 2.75) is 30.2 Å². The van der Waals surface area contributed by atoms with Crippen LogP contribution in [-0.2, 0) is 10.0 Å². The zero-order chi connectivity index (χ0) is 14.0. The molecule has 1 unspecified atom stereocenters. The molecule has 1 aliphatic rings. The fourth-order valence-corrected chi connectivity index (χ4v) is 4.71. The Morgan fingerprint density at radius 2 is 2.05 bits per heavy atom. The van der Waals surface area contributed by atoms with Crippen molar-refractivity contribution >= 4 is 33.2 Å². The minimum Gasteiger partial charge on any atom is -0.395 e. The van der Waals surface area contributed by atoms with E-state index < -0.39 is 10.0 Å². The van der Waals surface area contributed by atoms with Crippen LogP contribution >= 0.6 is 23.2 Å². The van der Waals surface area contributed by atoms with Crippen molar-refractivity contribution in [3.05, 3.63) is 28.2 Å². The third kappa shape index (κ3) is 2.90. The summed E-state index contributed by atoms with van der Waals surface area (Å²) in [5.41, 5.74) is 0. The number of aliphatic hydroxyl groups excluding tert-OH is 1. The summed E-state index contributed by atoms with van der Waals surface area (Å²) in [5, 5.41) is 9.57. The quantitative estimate of drug-likeness (QED) is 0.929. The van der Waals surface area contributed by atoms with Gasteiger partial charge in [0.15, 0.2) is 0 Å². The Balaban J connectivity index is 2.44. The molecule has 1 fully saturated rings. The molecule has 1 N–H and O–H groups in total. The van der Waals surface area contributed by atoms with Crippen molar-refractivity contribution in [3.8, 4) is 0 Å². The third-order valence-corrected chi connectivity index (χ3v) is 6.21. The molecule has 1 aromatic carbocycles. The Morgan fingerprint density at radius 3 is 2.74 bits per heavy atom. The highest BCUT2D eigenvalue weighted by atomic mass is 35.5. The summed E-state index contributed by atoms with van der Waals surface area (Å²) in [6.45, 7) is 0.216. The van der Waals surface area contributed by atoms with Gasteiger partial charge in [-0.1, -0.05) is 35.7 Å². The average molecular weight is 324 g/mol. The SMILES string of the molecule is O=S(=O)(c1cccc(Cl)c1Cl)N1CCCCC1CO. The van der Waals surface area contributed by atoms with Gasteiger partial charge in [-0.15, -0.1) is 0 Å². The van der Waals surface area contributed by atoms with Crippen LogP contribution in [0.5, 0.6) is 0 Å². The minimum atomic E-state index is -3.72. The van der Waals surface area contributed by atoms with Crippen molar-refractivity contribution in [1.29, 1.82) is 0 Å². The Hall–Kier alpha value is -0.330. The molecule has 1 heterocycles. The fourth-order valence-electron chi connectivity index (χ4n) is 2.28. The summed E-state index contributed by atoms with van der Waals surface area (Å²) in [7, 11) is -3.72. The number of hydrogen-bond acceptors (Lipinski definition) is 3. The lowest BCUT2D eigenvalue weighted by Gasteiger charge is -2.33. The maximum Gasteiger partial charge on any atom is 0.244 e. The van der Waals surface area contributed by atoms with Crippen LogP contribution in [-0.4, -0.2) is 37.0 Å². The van der Waals surface area contributed by atoms with Gasteiger partial charge >= 0.3 is 0 Å². The van der Waals surface area contributed by atoms with Crippen LogP contribution in [0.2, 0.25) is 10.0 Å². The maximum atomic E-state index is 12.6. The van der Waals surface area contributed by atoms with E-state index in [1.165, 1.54) is 10.4 Å². The Labute approximate surface area is 123 Å². The molecular formula is C12H15Cl2NO3S. The largest absolute Gasteiger partial charge is 0.395 e. The lowest BCUT2D eigenvalue weighted by Crippen LogP contribution is -2.45. The number of hydrogen-bond donors (Lipinski definition) is 1. The van der Waals surface area contributed by atoms with Gasteiger partial charge in [0, 0.05) is 12.6 Å². The van der Waals surface area contributed by atoms with Crippen LogP contribution in [0.4, 0.5) is 0 Å². The van der Waals surface area contributed by atoms with Crippen LogP contribution in [0.1, 0.15) is 19.3 Å². The molecule has 7 heteroatoms. The lowest BCUT2D eigenvalue weighted by atomic mass is 10.1. The van der Waals surface area contributed by atoms with Crippen LogP contribution in [0.15, 0.2) is 23.1 Å². The van der Waals surface area contributed by atoms with Crippen LogP contribution < -0.4 is 0 Å². The highest BCUT2D eigenvalue weighted by Crippen LogP contribution is 2.33. The number of sulfonamides is 1. The minimum absolute atomic E-state index is 0.00187. The van der Waals surface area contributed by atoms with E-state index in [2.05, 4.69) is 0 Å². The Kier molecular flexibility index (Phi) is 4.74. The molecule has 2 rings (SSSR count). The molecule has 106 valence electrons. The van der Waals surface area contributed by atoms with Crippen molar-refractivity contribution < 1.29 is 13.5 Å². The zero-order valence-electron chi connectivity index (χ0n) is 10.2. The van der Waals surface area contributed by atoms with Crippen LogP contribution in [0.25, 0.3) is 0 Å². The molecule has 1 aliphatic heterocycles. The van der Waals surface area contributed by atoms with E-state index in [9.17, 15) is 13.5 Å². The molecule has 0 aliphatic carbocycles. The molecule has 0 radical (unpaired) electrons. The second-order valence-corrected chi connectivity index (χ2v) is 7.14. The van der Waals surface area contributed by atoms with E-state index in [1.807, 2.05) is 0 Å². The number of aliphatic hydroxyl groups is 1. The first-order valence-electron chi connectivity index (χ1n) is 6.05. The topological polar surface area (TPSA) is 57.6 Å². The number of rotatable bonds is 3. The number of halogens is 2. The third-order valence-electron chi connectivity index (χ3n) is 3.29. The molecule has 1 saturated heterocycles. The maximum absolute atomic E-state index is 12.6. The summed E-state index contributed by atoms with van der Waals surface area (Å²) in [5.74, 6) is 0. The van der Waals surface area contributed by atoms with Crippen molar-refractivity contribution in [3.63, 3.8) is 0 Å². The van der Waals surface area contributed by atoms with Crippen molar-refractivity contribution in [2.24, 2.45) is 0 Å². The van der Waals surface area contributed by atoms with E-state index in [0.29, 0.717) is 13.0 Å². The Bertz CT molecular complexity index is 562. The van der Waals surface area contributed by atoms with Gasteiger partial charge in [-0.3, -0.25) is 0 Å². The summed E-state index contributed by atoms with van der Waals surface area (Å²) in [6.07, 6.45) is 2.36. The second kappa shape index (κ2) is 5.97. The first-order chi connectivity index (χ1) is 8.98. The highest BCUT2D eigenvalue weighted by Gasteiger charge is 2.34. The number of piperidine rings is 1. The molecule has 0 bridgehead atoms. The van der Waals surface area contributed by atoms with E-state index in [4.69, 9.17) is 23.2 Å². The molecule has 0 amide bonds. The number of nitrogens with zero attached hydrogens (tertiary/aromatic N) is 1. The predicted octanol–water partition coefficient (Wildman–Crippen LogP) is 2.53. The molecular weight excluding hydrogens is 309 g/mol. The molecule has 0 spiro atoms. The van der Waals surface area contributed by atoms with Gasteiger partial charge < -0.3 is 5.11 Å².